The molecule has 0 atom stereocenters. The lowest BCUT2D eigenvalue weighted by Crippen LogP contribution is -2.26. The number of phenolic OH excluding ortho intramolecular Hbond substituents is 1. The molecule has 0 radical (unpaired) electrons. The molecular formula is C16H18N2O2. The summed E-state index contributed by atoms with van der Waals surface area (Å²) in [7, 11) is 0. The van der Waals surface area contributed by atoms with Crippen molar-refractivity contribution in [3.63, 3.8) is 0 Å². The SMILES string of the molecule is Cc1cccc(C(=O)NCCc2ccc(O)cc2)c1N. The average Bonchev–Trinajstić information content (AvgIpc) is 2.44. The second-order valence-electron chi connectivity index (χ2n) is 4.71. The van der Waals surface area contributed by atoms with E-state index in [0.717, 1.165) is 11.1 Å². The van der Waals surface area contributed by atoms with Crippen molar-refractivity contribution < 1.29 is 9.90 Å². The van der Waals surface area contributed by atoms with Gasteiger partial charge in [0, 0.05) is 12.2 Å². The highest BCUT2D eigenvalue weighted by Crippen LogP contribution is 2.16. The molecule has 0 unspecified atom stereocenters. The third-order valence-electron chi connectivity index (χ3n) is 3.20. The zero-order valence-corrected chi connectivity index (χ0v) is 11.4. The first-order valence-electron chi connectivity index (χ1n) is 6.49. The summed E-state index contributed by atoms with van der Waals surface area (Å²) in [6, 6.07) is 12.4. The van der Waals surface area contributed by atoms with Crippen molar-refractivity contribution in [2.45, 2.75) is 13.3 Å². The summed E-state index contributed by atoms with van der Waals surface area (Å²) in [6.07, 6.45) is 0.706. The molecule has 0 aliphatic carbocycles. The molecule has 0 heterocycles. The molecule has 0 aliphatic heterocycles. The largest absolute Gasteiger partial charge is 0.508 e. The zero-order chi connectivity index (χ0) is 14.5. The number of aryl methyl sites for hydroxylation is 1. The number of carbonyl (C=O) groups is 1. The number of nitrogen functional groups attached to an aromatic ring is 1. The monoisotopic (exact) mass is 270 g/mol. The molecule has 4 nitrogen and oxygen atoms in total. The molecule has 4 heteroatoms. The van der Waals surface area contributed by atoms with Crippen molar-refractivity contribution in [1.29, 1.82) is 0 Å². The van der Waals surface area contributed by atoms with E-state index in [2.05, 4.69) is 5.32 Å². The van der Waals surface area contributed by atoms with E-state index in [-0.39, 0.29) is 11.7 Å². The van der Waals surface area contributed by atoms with Crippen molar-refractivity contribution in [2.75, 3.05) is 12.3 Å². The number of rotatable bonds is 4. The van der Waals surface area contributed by atoms with Crippen LogP contribution in [-0.2, 0) is 6.42 Å². The standard InChI is InChI=1S/C16H18N2O2/c1-11-3-2-4-14(15(11)17)16(20)18-10-9-12-5-7-13(19)8-6-12/h2-8,19H,9-10,17H2,1H3,(H,18,20). The van der Waals surface area contributed by atoms with Crippen LogP contribution < -0.4 is 11.1 Å². The Bertz CT molecular complexity index is 606. The smallest absolute Gasteiger partial charge is 0.253 e. The first-order chi connectivity index (χ1) is 9.58. The maximum Gasteiger partial charge on any atom is 0.253 e. The van der Waals surface area contributed by atoms with Crippen LogP contribution in [-0.4, -0.2) is 17.6 Å². The summed E-state index contributed by atoms with van der Waals surface area (Å²) in [5.74, 6) is 0.0790. The quantitative estimate of drug-likeness (QED) is 0.746. The number of para-hydroxylation sites is 1. The fourth-order valence-corrected chi connectivity index (χ4v) is 1.96. The van der Waals surface area contributed by atoms with Gasteiger partial charge in [-0.15, -0.1) is 0 Å². The lowest BCUT2D eigenvalue weighted by Gasteiger charge is -2.09. The third-order valence-corrected chi connectivity index (χ3v) is 3.20. The minimum absolute atomic E-state index is 0.162. The lowest BCUT2D eigenvalue weighted by molar-refractivity contribution is 0.0955. The Morgan fingerprint density at radius 2 is 1.90 bits per heavy atom. The molecule has 0 saturated carbocycles. The molecule has 1 amide bonds. The maximum absolute atomic E-state index is 12.0. The van der Waals surface area contributed by atoms with Gasteiger partial charge in [-0.2, -0.15) is 0 Å². The van der Waals surface area contributed by atoms with Crippen LogP contribution in [0.1, 0.15) is 21.5 Å². The Balaban J connectivity index is 1.92. The molecule has 0 aliphatic rings. The summed E-state index contributed by atoms with van der Waals surface area (Å²) in [5, 5.41) is 12.0. The van der Waals surface area contributed by atoms with Crippen molar-refractivity contribution in [3.8, 4) is 5.75 Å². The van der Waals surface area contributed by atoms with E-state index in [1.165, 1.54) is 0 Å². The van der Waals surface area contributed by atoms with Crippen molar-refractivity contribution in [1.82, 2.24) is 5.32 Å². The summed E-state index contributed by atoms with van der Waals surface area (Å²) in [5.41, 5.74) is 8.88. The Labute approximate surface area is 118 Å². The van der Waals surface area contributed by atoms with E-state index in [1.54, 1.807) is 18.2 Å². The highest BCUT2D eigenvalue weighted by Gasteiger charge is 2.09. The number of nitrogens with two attached hydrogens (primary N) is 1. The lowest BCUT2D eigenvalue weighted by atomic mass is 10.1. The van der Waals surface area contributed by atoms with Crippen LogP contribution >= 0.6 is 0 Å². The van der Waals surface area contributed by atoms with E-state index < -0.39 is 0 Å². The third kappa shape index (κ3) is 3.29. The van der Waals surface area contributed by atoms with Gasteiger partial charge in [-0.3, -0.25) is 4.79 Å². The normalized spacial score (nSPS) is 10.2. The summed E-state index contributed by atoms with van der Waals surface area (Å²) >= 11 is 0. The molecule has 4 N–H and O–H groups in total. The fourth-order valence-electron chi connectivity index (χ4n) is 1.96. The number of aromatic hydroxyl groups is 1. The van der Waals surface area contributed by atoms with E-state index in [9.17, 15) is 9.90 Å². The highest BCUT2D eigenvalue weighted by atomic mass is 16.3. The van der Waals surface area contributed by atoms with Gasteiger partial charge in [0.2, 0.25) is 0 Å². The number of anilines is 1. The number of carbonyl (C=O) groups excluding carboxylic acids is 1. The fraction of sp³-hybridized carbons (Fsp3) is 0.188. The summed E-state index contributed by atoms with van der Waals surface area (Å²) < 4.78 is 0. The van der Waals surface area contributed by atoms with E-state index in [4.69, 9.17) is 5.73 Å². The zero-order valence-electron chi connectivity index (χ0n) is 11.4. The number of hydrogen-bond acceptors (Lipinski definition) is 3. The van der Waals surface area contributed by atoms with Gasteiger partial charge in [0.05, 0.1) is 5.56 Å². The van der Waals surface area contributed by atoms with Crippen LogP contribution in [0.4, 0.5) is 5.69 Å². The Morgan fingerprint density at radius 3 is 2.60 bits per heavy atom. The maximum atomic E-state index is 12.0. The summed E-state index contributed by atoms with van der Waals surface area (Å²) in [4.78, 5) is 12.0. The molecule has 0 spiro atoms. The van der Waals surface area contributed by atoms with Gasteiger partial charge >= 0.3 is 0 Å². The summed E-state index contributed by atoms with van der Waals surface area (Å²) in [6.45, 7) is 2.40. The first-order valence-corrected chi connectivity index (χ1v) is 6.49. The van der Waals surface area contributed by atoms with Crippen LogP contribution in [0.5, 0.6) is 5.75 Å². The molecule has 0 bridgehead atoms. The van der Waals surface area contributed by atoms with Gasteiger partial charge in [0.1, 0.15) is 5.75 Å². The van der Waals surface area contributed by atoms with Crippen molar-refractivity contribution >= 4 is 11.6 Å². The van der Waals surface area contributed by atoms with Crippen molar-refractivity contribution in [2.24, 2.45) is 0 Å². The minimum Gasteiger partial charge on any atom is -0.508 e. The molecule has 0 saturated heterocycles. The predicted molar refractivity (Wildman–Crippen MR) is 79.7 cm³/mol. The predicted octanol–water partition coefficient (Wildman–Crippen LogP) is 2.26. The van der Waals surface area contributed by atoms with Gasteiger partial charge in [-0.05, 0) is 42.7 Å². The van der Waals surface area contributed by atoms with Crippen molar-refractivity contribution in [3.05, 3.63) is 59.2 Å². The van der Waals surface area contributed by atoms with Crippen LogP contribution in [0.15, 0.2) is 42.5 Å². The van der Waals surface area contributed by atoms with Crippen LogP contribution in [0.25, 0.3) is 0 Å². The van der Waals surface area contributed by atoms with E-state index >= 15 is 0 Å². The molecule has 0 fully saturated rings. The number of nitrogens with one attached hydrogen (secondary N) is 1. The highest BCUT2D eigenvalue weighted by molar-refractivity contribution is 5.99. The number of phenols is 1. The van der Waals surface area contributed by atoms with Crippen LogP contribution in [0.2, 0.25) is 0 Å². The minimum atomic E-state index is -0.162. The second kappa shape index (κ2) is 6.10. The second-order valence-corrected chi connectivity index (χ2v) is 4.71. The number of benzene rings is 2. The Hall–Kier alpha value is -2.49. The topological polar surface area (TPSA) is 75.3 Å². The molecule has 0 aromatic heterocycles. The molecule has 20 heavy (non-hydrogen) atoms. The van der Waals surface area contributed by atoms with Crippen LogP contribution in [0.3, 0.4) is 0 Å². The molecule has 2 aromatic carbocycles. The van der Waals surface area contributed by atoms with Gasteiger partial charge < -0.3 is 16.2 Å². The Morgan fingerprint density at radius 1 is 1.20 bits per heavy atom. The van der Waals surface area contributed by atoms with Gasteiger partial charge in [-0.25, -0.2) is 0 Å². The molecular weight excluding hydrogens is 252 g/mol. The molecule has 2 aromatic rings. The van der Waals surface area contributed by atoms with E-state index in [0.29, 0.717) is 24.2 Å². The van der Waals surface area contributed by atoms with Gasteiger partial charge in [0.25, 0.3) is 5.91 Å². The van der Waals surface area contributed by atoms with Crippen LogP contribution in [0, 0.1) is 6.92 Å². The Kier molecular flexibility index (Phi) is 4.25. The molecule has 104 valence electrons. The van der Waals surface area contributed by atoms with E-state index in [1.807, 2.05) is 31.2 Å². The first kappa shape index (κ1) is 13.9. The number of amides is 1. The average molecular weight is 270 g/mol. The van der Waals surface area contributed by atoms with Gasteiger partial charge in [0.15, 0.2) is 0 Å². The number of hydrogen-bond donors (Lipinski definition) is 3. The molecule has 2 rings (SSSR count). The van der Waals surface area contributed by atoms with Gasteiger partial charge in [-0.1, -0.05) is 24.3 Å².